The highest BCUT2D eigenvalue weighted by Gasteiger charge is 2.36. The highest BCUT2D eigenvalue weighted by Crippen LogP contribution is 2.47. The molecule has 1 fully saturated rings. The van der Waals surface area contributed by atoms with Crippen LogP contribution in [0.4, 0.5) is 5.69 Å². The molecule has 2 N–H and O–H groups in total. The lowest BCUT2D eigenvalue weighted by molar-refractivity contribution is 0.214. The fourth-order valence-corrected chi connectivity index (χ4v) is 2.62. The van der Waals surface area contributed by atoms with Gasteiger partial charge in [0.15, 0.2) is 0 Å². The first kappa shape index (κ1) is 10.6. The number of anilines is 1. The lowest BCUT2D eigenvalue weighted by Gasteiger charge is -2.36. The predicted octanol–water partition coefficient (Wildman–Crippen LogP) is 2.63. The summed E-state index contributed by atoms with van der Waals surface area (Å²) >= 11 is 6.22. The molecule has 88 valence electrons. The Morgan fingerprint density at radius 3 is 2.65 bits per heavy atom. The van der Waals surface area contributed by atoms with E-state index in [1.165, 1.54) is 0 Å². The summed E-state index contributed by atoms with van der Waals surface area (Å²) in [5.41, 5.74) is 7.68. The van der Waals surface area contributed by atoms with Gasteiger partial charge in [-0.05, 0) is 36.6 Å². The molecule has 0 saturated heterocycles. The average Bonchev–Trinajstić information content (AvgIpc) is 2.75. The Morgan fingerprint density at radius 1 is 1.24 bits per heavy atom. The summed E-state index contributed by atoms with van der Waals surface area (Å²) in [6.07, 6.45) is 5.60. The second kappa shape index (κ2) is 4.04. The number of halogens is 1. The lowest BCUT2D eigenvalue weighted by Crippen LogP contribution is -2.29. The maximum atomic E-state index is 6.22. The fourth-order valence-electron chi connectivity index (χ4n) is 2.37. The van der Waals surface area contributed by atoms with Gasteiger partial charge < -0.3 is 5.73 Å². The Kier molecular flexibility index (Phi) is 2.52. The third-order valence-electron chi connectivity index (χ3n) is 3.39. The third-order valence-corrected chi connectivity index (χ3v) is 3.73. The van der Waals surface area contributed by atoms with Crippen molar-refractivity contribution in [2.24, 2.45) is 0 Å². The van der Waals surface area contributed by atoms with Crippen molar-refractivity contribution in [2.45, 2.75) is 24.8 Å². The van der Waals surface area contributed by atoms with Crippen LogP contribution >= 0.6 is 11.6 Å². The molecular formula is C12H13ClN4. The van der Waals surface area contributed by atoms with Gasteiger partial charge in [-0.1, -0.05) is 11.6 Å². The molecule has 1 aliphatic rings. The molecule has 0 spiro atoms. The molecule has 4 nitrogen and oxygen atoms in total. The van der Waals surface area contributed by atoms with Gasteiger partial charge in [-0.15, -0.1) is 0 Å². The van der Waals surface area contributed by atoms with E-state index in [0.717, 1.165) is 29.1 Å². The second-order valence-corrected chi connectivity index (χ2v) is 4.79. The molecular weight excluding hydrogens is 236 g/mol. The van der Waals surface area contributed by atoms with E-state index >= 15 is 0 Å². The van der Waals surface area contributed by atoms with E-state index in [1.54, 1.807) is 17.2 Å². The van der Waals surface area contributed by atoms with Crippen molar-refractivity contribution in [1.29, 1.82) is 0 Å². The van der Waals surface area contributed by atoms with Crippen LogP contribution in [-0.2, 0) is 0 Å². The van der Waals surface area contributed by atoms with Crippen molar-refractivity contribution in [1.82, 2.24) is 15.0 Å². The van der Waals surface area contributed by atoms with Crippen LogP contribution < -0.4 is 5.73 Å². The summed E-state index contributed by atoms with van der Waals surface area (Å²) < 4.78 is 0. The van der Waals surface area contributed by atoms with Crippen molar-refractivity contribution in [3.63, 3.8) is 0 Å². The Labute approximate surface area is 104 Å². The van der Waals surface area contributed by atoms with Crippen LogP contribution in [0, 0.1) is 0 Å². The molecule has 1 heterocycles. The fraction of sp³-hybridized carbons (Fsp3) is 0.333. The van der Waals surface area contributed by atoms with Gasteiger partial charge in [-0.3, -0.25) is 0 Å². The first-order valence-corrected chi connectivity index (χ1v) is 6.04. The minimum Gasteiger partial charge on any atom is -0.399 e. The monoisotopic (exact) mass is 248 g/mol. The number of aromatic nitrogens is 3. The highest BCUT2D eigenvalue weighted by atomic mass is 35.5. The summed E-state index contributed by atoms with van der Waals surface area (Å²) in [6, 6.07) is 5.95. The predicted molar refractivity (Wildman–Crippen MR) is 66.9 cm³/mol. The third kappa shape index (κ3) is 1.78. The van der Waals surface area contributed by atoms with Crippen LogP contribution in [0.2, 0.25) is 5.02 Å². The Bertz CT molecular complexity index is 523. The average molecular weight is 249 g/mol. The molecule has 3 rings (SSSR count). The normalized spacial score (nSPS) is 23.4. The Morgan fingerprint density at radius 2 is 2.00 bits per heavy atom. The van der Waals surface area contributed by atoms with E-state index in [0.29, 0.717) is 12.0 Å². The number of rotatable bonds is 2. The molecule has 0 amide bonds. The summed E-state index contributed by atoms with van der Waals surface area (Å²) in [5.74, 6) is 0.374. The van der Waals surface area contributed by atoms with Gasteiger partial charge in [0.25, 0.3) is 0 Å². The smallest absolute Gasteiger partial charge is 0.0785 e. The maximum absolute atomic E-state index is 6.22. The van der Waals surface area contributed by atoms with E-state index in [1.807, 2.05) is 18.2 Å². The van der Waals surface area contributed by atoms with Crippen LogP contribution in [0.1, 0.15) is 30.4 Å². The van der Waals surface area contributed by atoms with Crippen molar-refractivity contribution in [3.8, 4) is 0 Å². The standard InChI is InChI=1S/C12H13ClN4/c13-11-3-1-8(14)7-10(11)9-2-4-12(9)17-15-5-6-16-17/h1,3,5-7,9,12H,2,4,14H2/t9-,12-/m0/s1. The molecule has 2 atom stereocenters. The van der Waals surface area contributed by atoms with Crippen LogP contribution in [0.15, 0.2) is 30.6 Å². The Hall–Kier alpha value is -1.55. The van der Waals surface area contributed by atoms with E-state index in [2.05, 4.69) is 10.2 Å². The van der Waals surface area contributed by atoms with E-state index in [-0.39, 0.29) is 0 Å². The first-order chi connectivity index (χ1) is 8.25. The van der Waals surface area contributed by atoms with Crippen molar-refractivity contribution >= 4 is 17.3 Å². The van der Waals surface area contributed by atoms with Gasteiger partial charge in [-0.25, -0.2) is 0 Å². The Balaban J connectivity index is 1.92. The van der Waals surface area contributed by atoms with Crippen molar-refractivity contribution in [3.05, 3.63) is 41.2 Å². The molecule has 2 aromatic rings. The molecule has 0 radical (unpaired) electrons. The van der Waals surface area contributed by atoms with E-state index in [9.17, 15) is 0 Å². The number of benzene rings is 1. The first-order valence-electron chi connectivity index (χ1n) is 5.66. The molecule has 5 heteroatoms. The minimum atomic E-state index is 0.310. The summed E-state index contributed by atoms with van der Waals surface area (Å²) in [7, 11) is 0. The van der Waals surface area contributed by atoms with Crippen molar-refractivity contribution in [2.75, 3.05) is 5.73 Å². The minimum absolute atomic E-state index is 0.310. The van der Waals surface area contributed by atoms with E-state index < -0.39 is 0 Å². The van der Waals surface area contributed by atoms with Gasteiger partial charge in [0.2, 0.25) is 0 Å². The van der Waals surface area contributed by atoms with Gasteiger partial charge in [0.05, 0.1) is 18.4 Å². The summed E-state index contributed by atoms with van der Waals surface area (Å²) in [5, 5.41) is 9.17. The zero-order valence-electron chi connectivity index (χ0n) is 9.25. The van der Waals surface area contributed by atoms with Crippen LogP contribution in [0.3, 0.4) is 0 Å². The van der Waals surface area contributed by atoms with Gasteiger partial charge in [0, 0.05) is 16.6 Å². The molecule has 17 heavy (non-hydrogen) atoms. The zero-order valence-corrected chi connectivity index (χ0v) is 10.0. The number of nitrogens with two attached hydrogens (primary N) is 1. The molecule has 1 aliphatic carbocycles. The SMILES string of the molecule is Nc1ccc(Cl)c([C@@H]2CC[C@@H]2n2nccn2)c1. The maximum Gasteiger partial charge on any atom is 0.0785 e. The molecule has 1 aromatic carbocycles. The number of nitrogen functional groups attached to an aromatic ring is 1. The molecule has 1 saturated carbocycles. The van der Waals surface area contributed by atoms with Crippen molar-refractivity contribution < 1.29 is 0 Å². The van der Waals surface area contributed by atoms with Gasteiger partial charge in [-0.2, -0.15) is 15.0 Å². The van der Waals surface area contributed by atoms with Crippen LogP contribution in [-0.4, -0.2) is 15.0 Å². The quantitative estimate of drug-likeness (QED) is 0.832. The largest absolute Gasteiger partial charge is 0.399 e. The number of hydrogen-bond donors (Lipinski definition) is 1. The number of hydrogen-bond acceptors (Lipinski definition) is 3. The topological polar surface area (TPSA) is 56.7 Å². The summed E-state index contributed by atoms with van der Waals surface area (Å²) in [4.78, 5) is 1.77. The number of nitrogens with zero attached hydrogens (tertiary/aromatic N) is 3. The molecule has 0 bridgehead atoms. The molecule has 0 unspecified atom stereocenters. The van der Waals surface area contributed by atoms with Gasteiger partial charge >= 0.3 is 0 Å². The molecule has 0 aliphatic heterocycles. The lowest BCUT2D eigenvalue weighted by atomic mass is 9.75. The van der Waals surface area contributed by atoms with Crippen LogP contribution in [0.5, 0.6) is 0 Å². The van der Waals surface area contributed by atoms with Gasteiger partial charge in [0.1, 0.15) is 0 Å². The highest BCUT2D eigenvalue weighted by molar-refractivity contribution is 6.31. The van der Waals surface area contributed by atoms with E-state index in [4.69, 9.17) is 17.3 Å². The second-order valence-electron chi connectivity index (χ2n) is 4.38. The van der Waals surface area contributed by atoms with Crippen LogP contribution in [0.25, 0.3) is 0 Å². The zero-order chi connectivity index (χ0) is 11.8. The summed E-state index contributed by atoms with van der Waals surface area (Å²) in [6.45, 7) is 0. The molecule has 1 aromatic heterocycles.